The molecule has 0 radical (unpaired) electrons. The van der Waals surface area contributed by atoms with Crippen LogP contribution in [0.25, 0.3) is 0 Å². The predicted octanol–water partition coefficient (Wildman–Crippen LogP) is 2.62. The number of benzene rings is 2. The number of sulfonamides is 1. The van der Waals surface area contributed by atoms with Gasteiger partial charge in [0.1, 0.15) is 0 Å². The van der Waals surface area contributed by atoms with Gasteiger partial charge in [0.25, 0.3) is 10.0 Å². The Morgan fingerprint density at radius 1 is 1.15 bits per heavy atom. The van der Waals surface area contributed by atoms with Crippen LogP contribution in [-0.4, -0.2) is 57.2 Å². The molecule has 2 aromatic rings. The number of rotatable bonds is 9. The lowest BCUT2D eigenvalue weighted by atomic mass is 10.2. The van der Waals surface area contributed by atoms with Gasteiger partial charge >= 0.3 is 11.9 Å². The molecule has 0 aliphatic carbocycles. The van der Waals surface area contributed by atoms with E-state index in [2.05, 4.69) is 9.46 Å². The quantitative estimate of drug-likeness (QED) is 0.324. The first-order valence-electron chi connectivity index (χ1n) is 9.88. The average molecular weight is 491 g/mol. The van der Waals surface area contributed by atoms with Crippen LogP contribution in [0.3, 0.4) is 0 Å². The number of methoxy groups -OCH3 is 1. The van der Waals surface area contributed by atoms with E-state index in [0.717, 1.165) is 0 Å². The van der Waals surface area contributed by atoms with Crippen LogP contribution in [0.15, 0.2) is 70.6 Å². The van der Waals surface area contributed by atoms with E-state index in [1.807, 2.05) is 0 Å². The maximum Gasteiger partial charge on any atom is 0.338 e. The van der Waals surface area contributed by atoms with Gasteiger partial charge in [-0.1, -0.05) is 36.0 Å². The fourth-order valence-corrected chi connectivity index (χ4v) is 4.95. The Bertz CT molecular complexity index is 1160. The SMILES string of the molecule is COC(=O)/C=C1/SCC(=O)N1CCCOC(=O)c1cccc(NS(=O)(=O)c2ccccc2)c1. The molecule has 1 amide bonds. The molecule has 0 atom stereocenters. The highest BCUT2D eigenvalue weighted by Crippen LogP contribution is 2.28. The summed E-state index contributed by atoms with van der Waals surface area (Å²) in [5, 5.41) is 0.497. The zero-order valence-electron chi connectivity index (χ0n) is 17.7. The highest BCUT2D eigenvalue weighted by Gasteiger charge is 2.27. The number of esters is 2. The van der Waals surface area contributed by atoms with Crippen LogP contribution < -0.4 is 4.72 Å². The maximum absolute atomic E-state index is 12.5. The van der Waals surface area contributed by atoms with E-state index in [4.69, 9.17) is 4.74 Å². The van der Waals surface area contributed by atoms with Crippen molar-refractivity contribution >= 4 is 45.3 Å². The first-order valence-corrected chi connectivity index (χ1v) is 12.3. The Morgan fingerprint density at radius 3 is 2.64 bits per heavy atom. The summed E-state index contributed by atoms with van der Waals surface area (Å²) < 4.78 is 37.2. The van der Waals surface area contributed by atoms with Gasteiger partial charge in [-0.3, -0.25) is 9.52 Å². The van der Waals surface area contributed by atoms with Crippen molar-refractivity contribution in [3.63, 3.8) is 0 Å². The topological polar surface area (TPSA) is 119 Å². The molecule has 11 heteroatoms. The third-order valence-electron chi connectivity index (χ3n) is 4.52. The molecule has 1 aliphatic rings. The van der Waals surface area contributed by atoms with Crippen molar-refractivity contribution in [2.24, 2.45) is 0 Å². The summed E-state index contributed by atoms with van der Waals surface area (Å²) >= 11 is 1.24. The largest absolute Gasteiger partial charge is 0.466 e. The highest BCUT2D eigenvalue weighted by atomic mass is 32.2. The molecule has 1 N–H and O–H groups in total. The van der Waals surface area contributed by atoms with Crippen molar-refractivity contribution in [1.82, 2.24) is 4.90 Å². The summed E-state index contributed by atoms with van der Waals surface area (Å²) in [5.74, 6) is -1.08. The van der Waals surface area contributed by atoms with Crippen molar-refractivity contribution in [3.05, 3.63) is 71.3 Å². The molecule has 0 saturated carbocycles. The lowest BCUT2D eigenvalue weighted by Crippen LogP contribution is -2.27. The summed E-state index contributed by atoms with van der Waals surface area (Å²) in [7, 11) is -2.53. The molecule has 1 aliphatic heterocycles. The standard InChI is InChI=1S/C22H22N2O7S2/c1-30-21(26)14-20-24(19(25)15-32-20)11-6-12-31-22(27)16-7-5-8-17(13-16)23-33(28,29)18-9-3-2-4-10-18/h2-5,7-10,13-14,23H,6,11-12,15H2,1H3/b20-14+. The van der Waals surface area contributed by atoms with Gasteiger partial charge in [-0.15, -0.1) is 0 Å². The van der Waals surface area contributed by atoms with E-state index in [9.17, 15) is 22.8 Å². The fourth-order valence-electron chi connectivity index (χ4n) is 2.92. The Kier molecular flexibility index (Phi) is 8.12. The number of ether oxygens (including phenoxy) is 2. The molecular weight excluding hydrogens is 468 g/mol. The number of thioether (sulfide) groups is 1. The minimum Gasteiger partial charge on any atom is -0.466 e. The van der Waals surface area contributed by atoms with Crippen molar-refractivity contribution in [3.8, 4) is 0 Å². The highest BCUT2D eigenvalue weighted by molar-refractivity contribution is 8.04. The molecular formula is C22H22N2O7S2. The van der Waals surface area contributed by atoms with E-state index in [0.29, 0.717) is 11.4 Å². The van der Waals surface area contributed by atoms with Gasteiger partial charge < -0.3 is 14.4 Å². The van der Waals surface area contributed by atoms with Gasteiger partial charge in [-0.25, -0.2) is 18.0 Å². The zero-order valence-corrected chi connectivity index (χ0v) is 19.4. The smallest absolute Gasteiger partial charge is 0.338 e. The molecule has 0 bridgehead atoms. The van der Waals surface area contributed by atoms with E-state index >= 15 is 0 Å². The van der Waals surface area contributed by atoms with E-state index in [1.165, 1.54) is 60.2 Å². The summed E-state index contributed by atoms with van der Waals surface area (Å²) in [6.45, 7) is 0.317. The molecule has 1 heterocycles. The number of carbonyl (C=O) groups excluding carboxylic acids is 3. The summed E-state index contributed by atoms with van der Waals surface area (Å²) in [6.07, 6.45) is 1.61. The van der Waals surface area contributed by atoms with Crippen molar-refractivity contribution in [2.75, 3.05) is 30.7 Å². The fraction of sp³-hybridized carbons (Fsp3) is 0.227. The molecule has 1 saturated heterocycles. The van der Waals surface area contributed by atoms with E-state index in [-0.39, 0.29) is 41.0 Å². The van der Waals surface area contributed by atoms with Crippen LogP contribution in [-0.2, 0) is 29.1 Å². The van der Waals surface area contributed by atoms with Crippen molar-refractivity contribution in [2.45, 2.75) is 11.3 Å². The molecule has 3 rings (SSSR count). The Labute approximate surface area is 195 Å². The van der Waals surface area contributed by atoms with Crippen LogP contribution in [0, 0.1) is 0 Å². The monoisotopic (exact) mass is 490 g/mol. The van der Waals surface area contributed by atoms with Crippen molar-refractivity contribution < 1.29 is 32.3 Å². The number of nitrogens with zero attached hydrogens (tertiary/aromatic N) is 1. The number of nitrogens with one attached hydrogen (secondary N) is 1. The number of carbonyl (C=O) groups is 3. The molecule has 1 fully saturated rings. The maximum atomic E-state index is 12.5. The van der Waals surface area contributed by atoms with Crippen LogP contribution in [0.2, 0.25) is 0 Å². The lowest BCUT2D eigenvalue weighted by molar-refractivity contribution is -0.134. The molecule has 0 unspecified atom stereocenters. The zero-order chi connectivity index (χ0) is 23.8. The summed E-state index contributed by atoms with van der Waals surface area (Å²) in [4.78, 5) is 37.4. The van der Waals surface area contributed by atoms with Gasteiger partial charge in [0.15, 0.2) is 0 Å². The van der Waals surface area contributed by atoms with Crippen LogP contribution >= 0.6 is 11.8 Å². The second kappa shape index (κ2) is 11.0. The first-order chi connectivity index (χ1) is 15.8. The lowest BCUT2D eigenvalue weighted by Gasteiger charge is -2.16. The predicted molar refractivity (Wildman–Crippen MR) is 123 cm³/mol. The average Bonchev–Trinajstić information content (AvgIpc) is 3.15. The third kappa shape index (κ3) is 6.59. The molecule has 0 spiro atoms. The van der Waals surface area contributed by atoms with Crippen molar-refractivity contribution in [1.29, 1.82) is 0 Å². The van der Waals surface area contributed by atoms with Gasteiger partial charge in [-0.2, -0.15) is 0 Å². The molecule has 33 heavy (non-hydrogen) atoms. The second-order valence-corrected chi connectivity index (χ2v) is 9.51. The Balaban J connectivity index is 1.54. The van der Waals surface area contributed by atoms with Gasteiger partial charge in [0.2, 0.25) is 5.91 Å². The number of hydrogen-bond donors (Lipinski definition) is 1. The molecule has 0 aromatic heterocycles. The van der Waals surface area contributed by atoms with Crippen LogP contribution in [0.1, 0.15) is 16.8 Å². The minimum absolute atomic E-state index is 0.0404. The normalized spacial score (nSPS) is 14.9. The molecule has 2 aromatic carbocycles. The van der Waals surface area contributed by atoms with Gasteiger partial charge in [0, 0.05) is 12.2 Å². The van der Waals surface area contributed by atoms with E-state index in [1.54, 1.807) is 24.3 Å². The number of hydrogen-bond acceptors (Lipinski definition) is 8. The van der Waals surface area contributed by atoms with Gasteiger partial charge in [0.05, 0.1) is 41.0 Å². The van der Waals surface area contributed by atoms with E-state index < -0.39 is 22.0 Å². The Morgan fingerprint density at radius 2 is 1.91 bits per heavy atom. The molecule has 174 valence electrons. The Hall–Kier alpha value is -3.31. The first kappa shape index (κ1) is 24.3. The summed E-state index contributed by atoms with van der Waals surface area (Å²) in [6, 6.07) is 13.9. The third-order valence-corrected chi connectivity index (χ3v) is 6.94. The summed E-state index contributed by atoms with van der Waals surface area (Å²) in [5.41, 5.74) is 0.410. The second-order valence-electron chi connectivity index (χ2n) is 6.83. The van der Waals surface area contributed by atoms with Crippen LogP contribution in [0.5, 0.6) is 0 Å². The van der Waals surface area contributed by atoms with Crippen LogP contribution in [0.4, 0.5) is 5.69 Å². The van der Waals surface area contributed by atoms with Gasteiger partial charge in [-0.05, 0) is 36.8 Å². The minimum atomic E-state index is -3.79. The molecule has 9 nitrogen and oxygen atoms in total. The number of anilines is 1. The number of amides is 1.